The van der Waals surface area contributed by atoms with Gasteiger partial charge in [-0.05, 0) is 41.8 Å². The lowest BCUT2D eigenvalue weighted by molar-refractivity contribution is -0.128. The van der Waals surface area contributed by atoms with Crippen LogP contribution in [0.15, 0.2) is 47.4 Å². The molecule has 1 heterocycles. The van der Waals surface area contributed by atoms with Gasteiger partial charge in [0.25, 0.3) is 5.91 Å². The third-order valence-corrected chi connectivity index (χ3v) is 5.86. The van der Waals surface area contributed by atoms with Crippen molar-refractivity contribution in [2.45, 2.75) is 6.42 Å². The topological polar surface area (TPSA) is 89.9 Å². The number of carbonyl (C=O) groups is 2. The van der Waals surface area contributed by atoms with Crippen LogP contribution in [0.1, 0.15) is 11.1 Å². The predicted octanol–water partition coefficient (Wildman–Crippen LogP) is 3.31. The van der Waals surface area contributed by atoms with Crippen LogP contribution in [0.25, 0.3) is 6.08 Å². The van der Waals surface area contributed by atoms with Gasteiger partial charge in [0.1, 0.15) is 10.9 Å². The quantitative estimate of drug-likeness (QED) is 0.357. The minimum Gasteiger partial charge on any atom is -0.504 e. The highest BCUT2D eigenvalue weighted by atomic mass is 35.5. The van der Waals surface area contributed by atoms with Crippen LogP contribution in [0.5, 0.6) is 11.5 Å². The molecule has 1 aliphatic rings. The molecule has 0 aliphatic carbocycles. The standard InChI is InChI=1S/C20H17ClN2O4S2/c21-14-4-2-1-3-13(14)10-17-19(27)23(20(28)29-17)11-18(26)22-8-7-12-5-6-15(24)16(25)9-12/h1-6,9-10,24-25H,7-8,11H2,(H,22,26)/b17-10+. The van der Waals surface area contributed by atoms with E-state index < -0.39 is 0 Å². The SMILES string of the molecule is O=C(CN1C(=O)/C(=C\c2ccccc2Cl)SC1=S)NCCc1ccc(O)c(O)c1. The first-order valence-corrected chi connectivity index (χ1v) is 10.2. The van der Waals surface area contributed by atoms with Crippen molar-refractivity contribution in [1.82, 2.24) is 10.2 Å². The van der Waals surface area contributed by atoms with Gasteiger partial charge in [0.15, 0.2) is 11.5 Å². The Bertz CT molecular complexity index is 1010. The number of halogens is 1. The third kappa shape index (κ3) is 5.29. The van der Waals surface area contributed by atoms with Crippen LogP contribution in [0.3, 0.4) is 0 Å². The van der Waals surface area contributed by atoms with E-state index in [1.807, 2.05) is 6.07 Å². The monoisotopic (exact) mass is 448 g/mol. The molecule has 0 unspecified atom stereocenters. The molecular weight excluding hydrogens is 432 g/mol. The maximum absolute atomic E-state index is 12.6. The van der Waals surface area contributed by atoms with Gasteiger partial charge < -0.3 is 15.5 Å². The Morgan fingerprint density at radius 2 is 1.97 bits per heavy atom. The Morgan fingerprint density at radius 3 is 2.69 bits per heavy atom. The van der Waals surface area contributed by atoms with E-state index in [-0.39, 0.29) is 29.9 Å². The third-order valence-electron chi connectivity index (χ3n) is 4.14. The lowest BCUT2D eigenvalue weighted by atomic mass is 10.1. The summed E-state index contributed by atoms with van der Waals surface area (Å²) in [4.78, 5) is 26.5. The zero-order valence-electron chi connectivity index (χ0n) is 15.1. The average Bonchev–Trinajstić information content (AvgIpc) is 2.94. The highest BCUT2D eigenvalue weighted by molar-refractivity contribution is 8.26. The van der Waals surface area contributed by atoms with Crippen molar-refractivity contribution in [3.63, 3.8) is 0 Å². The van der Waals surface area contributed by atoms with E-state index in [4.69, 9.17) is 23.8 Å². The van der Waals surface area contributed by atoms with Gasteiger partial charge in [0, 0.05) is 11.6 Å². The Morgan fingerprint density at radius 1 is 1.21 bits per heavy atom. The molecule has 6 nitrogen and oxygen atoms in total. The number of hydrogen-bond donors (Lipinski definition) is 3. The summed E-state index contributed by atoms with van der Waals surface area (Å²) in [6.07, 6.45) is 2.13. The maximum atomic E-state index is 12.6. The molecule has 3 N–H and O–H groups in total. The summed E-state index contributed by atoms with van der Waals surface area (Å²) in [7, 11) is 0. The Labute approximate surface area is 182 Å². The molecule has 0 atom stereocenters. The van der Waals surface area contributed by atoms with E-state index >= 15 is 0 Å². The molecule has 0 spiro atoms. The van der Waals surface area contributed by atoms with Crippen molar-refractivity contribution in [1.29, 1.82) is 0 Å². The first kappa shape index (κ1) is 21.2. The van der Waals surface area contributed by atoms with E-state index in [0.29, 0.717) is 32.8 Å². The molecule has 0 aromatic heterocycles. The summed E-state index contributed by atoms with van der Waals surface area (Å²) in [6, 6.07) is 11.6. The van der Waals surface area contributed by atoms with Gasteiger partial charge in [-0.25, -0.2) is 0 Å². The average molecular weight is 449 g/mol. The molecule has 2 aromatic rings. The summed E-state index contributed by atoms with van der Waals surface area (Å²) < 4.78 is 0.312. The number of nitrogens with zero attached hydrogens (tertiary/aromatic N) is 1. The summed E-state index contributed by atoms with van der Waals surface area (Å²) in [6.45, 7) is 0.138. The Kier molecular flexibility index (Phi) is 6.79. The second-order valence-corrected chi connectivity index (χ2v) is 8.30. The highest BCUT2D eigenvalue weighted by Crippen LogP contribution is 2.33. The first-order chi connectivity index (χ1) is 13.8. The predicted molar refractivity (Wildman–Crippen MR) is 118 cm³/mol. The fourth-order valence-electron chi connectivity index (χ4n) is 2.64. The number of benzene rings is 2. The van der Waals surface area contributed by atoms with Gasteiger partial charge in [0.05, 0.1) is 4.91 Å². The first-order valence-electron chi connectivity index (χ1n) is 8.62. The minimum absolute atomic E-state index is 0.175. The van der Waals surface area contributed by atoms with E-state index in [9.17, 15) is 19.8 Å². The summed E-state index contributed by atoms with van der Waals surface area (Å²) in [5.41, 5.74) is 1.46. The second kappa shape index (κ2) is 9.30. The number of thioether (sulfide) groups is 1. The van der Waals surface area contributed by atoms with Crippen molar-refractivity contribution < 1.29 is 19.8 Å². The summed E-state index contributed by atoms with van der Waals surface area (Å²) >= 11 is 12.5. The number of aromatic hydroxyl groups is 2. The fourth-order valence-corrected chi connectivity index (χ4v) is 4.08. The minimum atomic E-state index is -0.344. The van der Waals surface area contributed by atoms with E-state index in [0.717, 1.165) is 17.3 Å². The van der Waals surface area contributed by atoms with Crippen LogP contribution >= 0.6 is 35.6 Å². The maximum Gasteiger partial charge on any atom is 0.266 e. The van der Waals surface area contributed by atoms with Crippen LogP contribution in [0, 0.1) is 0 Å². The van der Waals surface area contributed by atoms with Crippen LogP contribution in [-0.2, 0) is 16.0 Å². The van der Waals surface area contributed by atoms with Crippen molar-refractivity contribution in [2.75, 3.05) is 13.1 Å². The van der Waals surface area contributed by atoms with Crippen LogP contribution in [0.2, 0.25) is 5.02 Å². The number of thiocarbonyl (C=S) groups is 1. The second-order valence-electron chi connectivity index (χ2n) is 6.21. The fraction of sp³-hybridized carbons (Fsp3) is 0.150. The van der Waals surface area contributed by atoms with E-state index in [1.165, 1.54) is 17.0 Å². The van der Waals surface area contributed by atoms with Crippen molar-refractivity contribution in [2.24, 2.45) is 0 Å². The number of phenols is 2. The molecule has 3 rings (SSSR count). The van der Waals surface area contributed by atoms with Gasteiger partial charge in [-0.2, -0.15) is 0 Å². The van der Waals surface area contributed by atoms with Crippen molar-refractivity contribution >= 4 is 57.8 Å². The Hall–Kier alpha value is -2.55. The Balaban J connectivity index is 1.56. The lowest BCUT2D eigenvalue weighted by Crippen LogP contribution is -2.40. The number of phenolic OH excluding ortho intramolecular Hbond substituents is 2. The van der Waals surface area contributed by atoms with Crippen LogP contribution in [0.4, 0.5) is 0 Å². The molecule has 2 amide bonds. The van der Waals surface area contributed by atoms with Crippen LogP contribution in [-0.4, -0.2) is 44.3 Å². The normalized spacial score (nSPS) is 15.2. The van der Waals surface area contributed by atoms with Crippen LogP contribution < -0.4 is 5.32 Å². The number of hydrogen-bond acceptors (Lipinski definition) is 6. The highest BCUT2D eigenvalue weighted by Gasteiger charge is 2.33. The lowest BCUT2D eigenvalue weighted by Gasteiger charge is -2.14. The van der Waals surface area contributed by atoms with Gasteiger partial charge >= 0.3 is 0 Å². The number of rotatable bonds is 6. The molecule has 1 saturated heterocycles. The summed E-state index contributed by atoms with van der Waals surface area (Å²) in [5, 5.41) is 22.0. The van der Waals surface area contributed by atoms with E-state index in [2.05, 4.69) is 5.32 Å². The molecule has 0 bridgehead atoms. The van der Waals surface area contributed by atoms with Gasteiger partial charge in [-0.15, -0.1) is 0 Å². The number of amides is 2. The molecule has 29 heavy (non-hydrogen) atoms. The molecule has 0 radical (unpaired) electrons. The molecule has 150 valence electrons. The molecule has 0 saturated carbocycles. The molecule has 9 heteroatoms. The number of carbonyl (C=O) groups excluding carboxylic acids is 2. The number of nitrogens with one attached hydrogen (secondary N) is 1. The molecule has 1 aliphatic heterocycles. The van der Waals surface area contributed by atoms with Gasteiger partial charge in [-0.1, -0.05) is 59.8 Å². The molecular formula is C20H17ClN2O4S2. The zero-order chi connectivity index (χ0) is 21.0. The largest absolute Gasteiger partial charge is 0.504 e. The summed E-state index contributed by atoms with van der Waals surface area (Å²) in [5.74, 6) is -1.09. The molecule has 1 fully saturated rings. The van der Waals surface area contributed by atoms with E-state index in [1.54, 1.807) is 30.3 Å². The molecule has 2 aromatic carbocycles. The van der Waals surface area contributed by atoms with Crippen molar-refractivity contribution in [3.05, 3.63) is 63.5 Å². The zero-order valence-corrected chi connectivity index (χ0v) is 17.5. The van der Waals surface area contributed by atoms with Gasteiger partial charge in [-0.3, -0.25) is 14.5 Å². The smallest absolute Gasteiger partial charge is 0.266 e. The van der Waals surface area contributed by atoms with Gasteiger partial charge in [0.2, 0.25) is 5.91 Å². The van der Waals surface area contributed by atoms with Crippen molar-refractivity contribution in [3.8, 4) is 11.5 Å².